The fourth-order valence-electron chi connectivity index (χ4n) is 0.985. The molecule has 1 unspecified atom stereocenters. The molecule has 1 atom stereocenters. The van der Waals surface area contributed by atoms with Gasteiger partial charge in [0.15, 0.2) is 0 Å². The molecule has 0 saturated heterocycles. The number of rotatable bonds is 3. The first-order valence-electron chi connectivity index (χ1n) is 4.38. The Bertz CT molecular complexity index is 331. The van der Waals surface area contributed by atoms with E-state index in [4.69, 9.17) is 5.73 Å². The molecule has 84 valence electrons. The molecule has 3 N–H and O–H groups in total. The van der Waals surface area contributed by atoms with Crippen LogP contribution in [0.3, 0.4) is 0 Å². The number of hydrogen-bond acceptors (Lipinski definition) is 2. The first-order chi connectivity index (χ1) is 6.61. The van der Waals surface area contributed by atoms with Crippen LogP contribution in [0.1, 0.15) is 12.5 Å². The van der Waals surface area contributed by atoms with Gasteiger partial charge in [0, 0.05) is 11.0 Å². The van der Waals surface area contributed by atoms with Crippen LogP contribution in [0.4, 0.5) is 0 Å². The van der Waals surface area contributed by atoms with Crippen LogP contribution in [0.15, 0.2) is 28.7 Å². The van der Waals surface area contributed by atoms with E-state index in [1.807, 2.05) is 24.3 Å². The van der Waals surface area contributed by atoms with Gasteiger partial charge in [-0.15, -0.1) is 12.4 Å². The van der Waals surface area contributed by atoms with Crippen molar-refractivity contribution in [3.63, 3.8) is 0 Å². The van der Waals surface area contributed by atoms with Crippen molar-refractivity contribution in [1.82, 2.24) is 5.32 Å². The Labute approximate surface area is 104 Å². The Morgan fingerprint density at radius 2 is 2.13 bits per heavy atom. The highest BCUT2D eigenvalue weighted by atomic mass is 79.9. The van der Waals surface area contributed by atoms with E-state index in [-0.39, 0.29) is 18.3 Å². The largest absolute Gasteiger partial charge is 0.351 e. The van der Waals surface area contributed by atoms with E-state index in [0.717, 1.165) is 10.0 Å². The zero-order chi connectivity index (χ0) is 10.6. The number of nitrogens with one attached hydrogen (secondary N) is 1. The third-order valence-corrected chi connectivity index (χ3v) is 2.60. The lowest BCUT2D eigenvalue weighted by atomic mass is 10.2. The van der Waals surface area contributed by atoms with Gasteiger partial charge < -0.3 is 11.1 Å². The van der Waals surface area contributed by atoms with Gasteiger partial charge in [0.1, 0.15) is 0 Å². The molecule has 0 aliphatic heterocycles. The summed E-state index contributed by atoms with van der Waals surface area (Å²) in [5.41, 5.74) is 6.46. The molecular weight excluding hydrogens is 279 g/mol. The second kappa shape index (κ2) is 6.82. The third kappa shape index (κ3) is 4.64. The lowest BCUT2D eigenvalue weighted by Gasteiger charge is -2.08. The highest BCUT2D eigenvalue weighted by molar-refractivity contribution is 9.10. The molecule has 0 aromatic heterocycles. The highest BCUT2D eigenvalue weighted by Gasteiger charge is 2.06. The Kier molecular flexibility index (Phi) is 6.56. The predicted octanol–water partition coefficient (Wildman–Crippen LogP) is 1.83. The van der Waals surface area contributed by atoms with Crippen molar-refractivity contribution in [2.24, 2.45) is 5.73 Å². The Balaban J connectivity index is 0.00000196. The second-order valence-corrected chi connectivity index (χ2v) is 3.95. The molecule has 0 aliphatic carbocycles. The van der Waals surface area contributed by atoms with Gasteiger partial charge >= 0.3 is 0 Å². The summed E-state index contributed by atoms with van der Waals surface area (Å²) in [5.74, 6) is -0.138. The van der Waals surface area contributed by atoms with Crippen LogP contribution in [0.5, 0.6) is 0 Å². The van der Waals surface area contributed by atoms with Crippen LogP contribution in [-0.2, 0) is 11.3 Å². The van der Waals surface area contributed by atoms with Gasteiger partial charge in [0.05, 0.1) is 6.04 Å². The number of amides is 1. The summed E-state index contributed by atoms with van der Waals surface area (Å²) < 4.78 is 0.991. The highest BCUT2D eigenvalue weighted by Crippen LogP contribution is 2.15. The summed E-state index contributed by atoms with van der Waals surface area (Å²) in [5, 5.41) is 2.75. The van der Waals surface area contributed by atoms with Gasteiger partial charge in [-0.2, -0.15) is 0 Å². The molecule has 1 aromatic rings. The number of benzene rings is 1. The van der Waals surface area contributed by atoms with Crippen molar-refractivity contribution in [1.29, 1.82) is 0 Å². The van der Waals surface area contributed by atoms with Crippen LogP contribution in [0.25, 0.3) is 0 Å². The van der Waals surface area contributed by atoms with Crippen LogP contribution in [-0.4, -0.2) is 11.9 Å². The fourth-order valence-corrected chi connectivity index (χ4v) is 1.41. The summed E-state index contributed by atoms with van der Waals surface area (Å²) >= 11 is 3.40. The molecule has 0 radical (unpaired) electrons. The minimum atomic E-state index is -0.461. The van der Waals surface area contributed by atoms with Gasteiger partial charge in [0.2, 0.25) is 5.91 Å². The summed E-state index contributed by atoms with van der Waals surface area (Å²) in [6.07, 6.45) is 0. The van der Waals surface area contributed by atoms with Crippen molar-refractivity contribution < 1.29 is 4.79 Å². The molecule has 0 saturated carbocycles. The Morgan fingerprint density at radius 1 is 1.53 bits per heavy atom. The summed E-state index contributed by atoms with van der Waals surface area (Å²) in [6, 6.07) is 7.29. The van der Waals surface area contributed by atoms with Crippen molar-refractivity contribution in [2.75, 3.05) is 0 Å². The van der Waals surface area contributed by atoms with E-state index in [1.165, 1.54) is 0 Å². The van der Waals surface area contributed by atoms with Gasteiger partial charge in [-0.25, -0.2) is 0 Å². The average Bonchev–Trinajstić information content (AvgIpc) is 2.16. The van der Waals surface area contributed by atoms with Crippen LogP contribution in [0.2, 0.25) is 0 Å². The Morgan fingerprint density at radius 3 is 2.67 bits per heavy atom. The smallest absolute Gasteiger partial charge is 0.236 e. The van der Waals surface area contributed by atoms with E-state index >= 15 is 0 Å². The van der Waals surface area contributed by atoms with Gasteiger partial charge in [-0.05, 0) is 18.6 Å². The maximum Gasteiger partial charge on any atom is 0.236 e. The molecule has 0 fully saturated rings. The maximum absolute atomic E-state index is 11.2. The van der Waals surface area contributed by atoms with E-state index in [9.17, 15) is 4.79 Å². The van der Waals surface area contributed by atoms with E-state index in [2.05, 4.69) is 21.2 Å². The zero-order valence-corrected chi connectivity index (χ0v) is 10.8. The molecule has 0 spiro atoms. The predicted molar refractivity (Wildman–Crippen MR) is 66.9 cm³/mol. The number of nitrogens with two attached hydrogens (primary N) is 1. The minimum absolute atomic E-state index is 0. The van der Waals surface area contributed by atoms with Gasteiger partial charge in [0.25, 0.3) is 0 Å². The SMILES string of the molecule is CC(N)C(=O)NCc1ccccc1Br.Cl. The molecule has 15 heavy (non-hydrogen) atoms. The number of carbonyl (C=O) groups is 1. The third-order valence-electron chi connectivity index (χ3n) is 1.82. The molecule has 0 aliphatic rings. The maximum atomic E-state index is 11.2. The molecule has 3 nitrogen and oxygen atoms in total. The standard InChI is InChI=1S/C10H13BrN2O.ClH/c1-7(12)10(14)13-6-8-4-2-3-5-9(8)11;/h2-5,7H,6,12H2,1H3,(H,13,14);1H. The zero-order valence-electron chi connectivity index (χ0n) is 8.37. The van der Waals surface area contributed by atoms with E-state index in [1.54, 1.807) is 6.92 Å². The molecule has 1 rings (SSSR count). The van der Waals surface area contributed by atoms with Crippen molar-refractivity contribution in [3.8, 4) is 0 Å². The lowest BCUT2D eigenvalue weighted by molar-refractivity contribution is -0.122. The van der Waals surface area contributed by atoms with Crippen molar-refractivity contribution in [3.05, 3.63) is 34.3 Å². The first kappa shape index (κ1) is 14.4. The first-order valence-corrected chi connectivity index (χ1v) is 5.17. The van der Waals surface area contributed by atoms with Crippen LogP contribution >= 0.6 is 28.3 Å². The summed E-state index contributed by atoms with van der Waals surface area (Å²) in [7, 11) is 0. The number of carbonyl (C=O) groups excluding carboxylic acids is 1. The van der Waals surface area contributed by atoms with Crippen molar-refractivity contribution in [2.45, 2.75) is 19.5 Å². The molecule has 0 heterocycles. The number of halogens is 2. The van der Waals surface area contributed by atoms with Gasteiger partial charge in [-0.3, -0.25) is 4.79 Å². The molecule has 1 amide bonds. The quantitative estimate of drug-likeness (QED) is 0.893. The second-order valence-electron chi connectivity index (χ2n) is 3.10. The monoisotopic (exact) mass is 292 g/mol. The summed E-state index contributed by atoms with van der Waals surface area (Å²) in [6.45, 7) is 2.16. The molecular formula is C10H14BrClN2O. The topological polar surface area (TPSA) is 55.1 Å². The van der Waals surface area contributed by atoms with Gasteiger partial charge in [-0.1, -0.05) is 34.1 Å². The molecule has 0 bridgehead atoms. The summed E-state index contributed by atoms with van der Waals surface area (Å²) in [4.78, 5) is 11.2. The van der Waals surface area contributed by atoms with E-state index in [0.29, 0.717) is 6.54 Å². The average molecular weight is 294 g/mol. The number of hydrogen-bond donors (Lipinski definition) is 2. The molecule has 1 aromatic carbocycles. The van der Waals surface area contributed by atoms with Crippen LogP contribution in [0, 0.1) is 0 Å². The van der Waals surface area contributed by atoms with E-state index < -0.39 is 6.04 Å². The lowest BCUT2D eigenvalue weighted by Crippen LogP contribution is -2.37. The van der Waals surface area contributed by atoms with Crippen molar-refractivity contribution >= 4 is 34.2 Å². The Hall–Kier alpha value is -0.580. The molecule has 5 heteroatoms. The minimum Gasteiger partial charge on any atom is -0.351 e. The van der Waals surface area contributed by atoms with Crippen LogP contribution < -0.4 is 11.1 Å². The fraction of sp³-hybridized carbons (Fsp3) is 0.300. The normalized spacial score (nSPS) is 11.4.